The van der Waals surface area contributed by atoms with Crippen LogP contribution < -0.4 is 4.74 Å². The molecule has 0 bridgehead atoms. The molecule has 0 atom stereocenters. The Hall–Kier alpha value is -2.31. The first-order valence-corrected chi connectivity index (χ1v) is 14.0. The zero-order valence-corrected chi connectivity index (χ0v) is 22.1. The average Bonchev–Trinajstić information content (AvgIpc) is 2.68. The van der Waals surface area contributed by atoms with Crippen molar-refractivity contribution in [2.75, 3.05) is 7.11 Å². The minimum atomic E-state index is -1.84. The van der Waals surface area contributed by atoms with Gasteiger partial charge < -0.3 is 14.3 Å². The van der Waals surface area contributed by atoms with E-state index in [0.717, 1.165) is 22.3 Å². The van der Waals surface area contributed by atoms with Crippen LogP contribution in [0.4, 0.5) is 4.79 Å². The van der Waals surface area contributed by atoms with E-state index in [9.17, 15) is 9.90 Å². The third kappa shape index (κ3) is 6.14. The normalized spacial score (nSPS) is 12.5. The van der Waals surface area contributed by atoms with Gasteiger partial charge in [-0.25, -0.2) is 4.79 Å². The van der Waals surface area contributed by atoms with E-state index in [1.807, 2.05) is 45.0 Å². The molecule has 2 aromatic rings. The monoisotopic (exact) mass is 457 g/mol. The molecule has 0 heterocycles. The van der Waals surface area contributed by atoms with Gasteiger partial charge in [-0.3, -0.25) is 4.90 Å². The fourth-order valence-corrected chi connectivity index (χ4v) is 4.21. The highest BCUT2D eigenvalue weighted by molar-refractivity contribution is 6.74. The smallest absolute Gasteiger partial charge is 0.408 e. The fraction of sp³-hybridized carbons (Fsp3) is 0.500. The number of carbonyl (C=O) groups is 1. The third-order valence-electron chi connectivity index (χ3n) is 6.31. The van der Waals surface area contributed by atoms with E-state index in [4.69, 9.17) is 9.16 Å². The molecule has 1 amide bonds. The fourth-order valence-electron chi connectivity index (χ4n) is 3.25. The van der Waals surface area contributed by atoms with Crippen LogP contribution in [0.3, 0.4) is 0 Å². The number of nitrogens with zero attached hydrogens (tertiary/aromatic N) is 1. The summed E-state index contributed by atoms with van der Waals surface area (Å²) in [5, 5.41) is 9.87. The van der Waals surface area contributed by atoms with Crippen LogP contribution in [0.1, 0.15) is 52.7 Å². The van der Waals surface area contributed by atoms with E-state index >= 15 is 0 Å². The first-order valence-electron chi connectivity index (χ1n) is 11.1. The van der Waals surface area contributed by atoms with Crippen molar-refractivity contribution in [1.82, 2.24) is 4.90 Å². The van der Waals surface area contributed by atoms with Gasteiger partial charge in [-0.1, -0.05) is 57.2 Å². The van der Waals surface area contributed by atoms with Crippen LogP contribution in [-0.2, 0) is 17.6 Å². The van der Waals surface area contributed by atoms with Crippen LogP contribution in [0, 0.1) is 0 Å². The number of carboxylic acid groups (broad SMARTS) is 1. The van der Waals surface area contributed by atoms with Crippen LogP contribution in [0.15, 0.2) is 42.5 Å². The molecular weight excluding hydrogens is 418 g/mol. The predicted molar refractivity (Wildman–Crippen MR) is 134 cm³/mol. The second-order valence-corrected chi connectivity index (χ2v) is 15.6. The standard InChI is InChI=1S/C26H39NO4Si/c1-25(2,3)27(24(28)29)17-21-14-11-15-22(23(21)30-7)20-13-10-12-19(16-20)18-31-32(8,9)26(4,5)6/h10-16H,17-18H2,1-9H3,(H,28,29). The number of amides is 1. The van der Waals surface area contributed by atoms with Crippen molar-refractivity contribution >= 4 is 14.4 Å². The second-order valence-electron chi connectivity index (χ2n) is 10.8. The van der Waals surface area contributed by atoms with E-state index in [-0.39, 0.29) is 11.6 Å². The highest BCUT2D eigenvalue weighted by Crippen LogP contribution is 2.38. The summed E-state index contributed by atoms with van der Waals surface area (Å²) in [7, 11) is -0.210. The molecule has 0 aliphatic carbocycles. The number of ether oxygens (including phenoxy) is 1. The Balaban J connectivity index is 2.38. The maximum absolute atomic E-state index is 11.8. The molecule has 0 spiro atoms. The highest BCUT2D eigenvalue weighted by Gasteiger charge is 2.37. The van der Waals surface area contributed by atoms with Gasteiger partial charge in [0.15, 0.2) is 8.32 Å². The minimum Gasteiger partial charge on any atom is -0.496 e. The van der Waals surface area contributed by atoms with E-state index in [1.54, 1.807) is 7.11 Å². The molecule has 0 saturated carbocycles. The molecule has 32 heavy (non-hydrogen) atoms. The van der Waals surface area contributed by atoms with Gasteiger partial charge in [-0.15, -0.1) is 0 Å². The summed E-state index contributed by atoms with van der Waals surface area (Å²) in [5.74, 6) is 0.700. The molecule has 2 aromatic carbocycles. The van der Waals surface area contributed by atoms with Crippen molar-refractivity contribution in [2.45, 2.75) is 78.4 Å². The quantitative estimate of drug-likeness (QED) is 0.448. The van der Waals surface area contributed by atoms with Gasteiger partial charge >= 0.3 is 6.09 Å². The molecular formula is C26H39NO4Si. The molecule has 0 fully saturated rings. The summed E-state index contributed by atoms with van der Waals surface area (Å²) in [6.07, 6.45) is -0.949. The number of rotatable bonds is 7. The van der Waals surface area contributed by atoms with E-state index in [2.05, 4.69) is 52.1 Å². The zero-order chi connectivity index (χ0) is 24.3. The number of methoxy groups -OCH3 is 1. The molecule has 5 nitrogen and oxygen atoms in total. The van der Waals surface area contributed by atoms with E-state index in [1.165, 1.54) is 4.90 Å². The van der Waals surface area contributed by atoms with Crippen molar-refractivity contribution in [2.24, 2.45) is 0 Å². The van der Waals surface area contributed by atoms with Gasteiger partial charge in [0.1, 0.15) is 5.75 Å². The van der Waals surface area contributed by atoms with Crippen LogP contribution in [0.2, 0.25) is 18.1 Å². The molecule has 0 aliphatic rings. The van der Waals surface area contributed by atoms with Gasteiger partial charge in [-0.05, 0) is 56.1 Å². The molecule has 0 saturated heterocycles. The first kappa shape index (κ1) is 25.9. The lowest BCUT2D eigenvalue weighted by Gasteiger charge is -2.36. The van der Waals surface area contributed by atoms with Crippen LogP contribution in [-0.4, -0.2) is 37.1 Å². The Morgan fingerprint density at radius 2 is 1.66 bits per heavy atom. The van der Waals surface area contributed by atoms with E-state index in [0.29, 0.717) is 12.4 Å². The predicted octanol–water partition coefficient (Wildman–Crippen LogP) is 7.16. The number of para-hydroxylation sites is 1. The van der Waals surface area contributed by atoms with Crippen molar-refractivity contribution < 1.29 is 19.1 Å². The molecule has 1 N–H and O–H groups in total. The lowest BCUT2D eigenvalue weighted by Crippen LogP contribution is -2.44. The summed E-state index contributed by atoms with van der Waals surface area (Å²) in [6.45, 7) is 17.7. The van der Waals surface area contributed by atoms with Crippen molar-refractivity contribution in [3.05, 3.63) is 53.6 Å². The topological polar surface area (TPSA) is 59.0 Å². The molecule has 2 rings (SSSR count). The maximum atomic E-state index is 11.8. The highest BCUT2D eigenvalue weighted by atomic mass is 28.4. The van der Waals surface area contributed by atoms with Gasteiger partial charge in [0.25, 0.3) is 0 Å². The first-order chi connectivity index (χ1) is 14.7. The van der Waals surface area contributed by atoms with Crippen LogP contribution in [0.5, 0.6) is 5.75 Å². The van der Waals surface area contributed by atoms with Crippen molar-refractivity contribution in [3.63, 3.8) is 0 Å². The molecule has 0 unspecified atom stereocenters. The third-order valence-corrected chi connectivity index (χ3v) is 10.8. The number of benzene rings is 2. The van der Waals surface area contributed by atoms with E-state index < -0.39 is 19.9 Å². The Morgan fingerprint density at radius 3 is 2.19 bits per heavy atom. The Kier molecular flexibility index (Phi) is 7.84. The number of hydrogen-bond donors (Lipinski definition) is 1. The average molecular weight is 458 g/mol. The summed E-state index contributed by atoms with van der Waals surface area (Å²) in [4.78, 5) is 13.3. The molecule has 0 aromatic heterocycles. The molecule has 0 radical (unpaired) electrons. The SMILES string of the molecule is COc1c(CN(C(=O)O)C(C)(C)C)cccc1-c1cccc(CO[Si](C)(C)C(C)(C)C)c1. The van der Waals surface area contributed by atoms with Crippen molar-refractivity contribution in [1.29, 1.82) is 0 Å². The number of hydrogen-bond acceptors (Lipinski definition) is 3. The molecule has 0 aliphatic heterocycles. The van der Waals surface area contributed by atoms with Gasteiger partial charge in [0.2, 0.25) is 0 Å². The minimum absolute atomic E-state index is 0.158. The summed E-state index contributed by atoms with van der Waals surface area (Å²) in [5.41, 5.74) is 3.40. The Morgan fingerprint density at radius 1 is 1.03 bits per heavy atom. The molecule has 176 valence electrons. The van der Waals surface area contributed by atoms with Crippen LogP contribution >= 0.6 is 0 Å². The van der Waals surface area contributed by atoms with Crippen LogP contribution in [0.25, 0.3) is 11.1 Å². The summed E-state index contributed by atoms with van der Waals surface area (Å²) in [6, 6.07) is 14.2. The van der Waals surface area contributed by atoms with Gasteiger partial charge in [-0.2, -0.15) is 0 Å². The summed E-state index contributed by atoms with van der Waals surface area (Å²) >= 11 is 0. The lowest BCUT2D eigenvalue weighted by molar-refractivity contribution is 0.0950. The largest absolute Gasteiger partial charge is 0.496 e. The maximum Gasteiger partial charge on any atom is 0.408 e. The Labute approximate surface area is 194 Å². The Bertz CT molecular complexity index is 942. The molecule has 6 heteroatoms. The zero-order valence-electron chi connectivity index (χ0n) is 21.1. The van der Waals surface area contributed by atoms with Gasteiger partial charge in [0, 0.05) is 16.7 Å². The second kappa shape index (κ2) is 9.67. The van der Waals surface area contributed by atoms with Crippen molar-refractivity contribution in [3.8, 4) is 16.9 Å². The van der Waals surface area contributed by atoms with Gasteiger partial charge in [0.05, 0.1) is 20.3 Å². The lowest BCUT2D eigenvalue weighted by atomic mass is 9.98. The summed E-state index contributed by atoms with van der Waals surface area (Å²) < 4.78 is 12.2.